The molecular weight excluding hydrogens is 342 g/mol. The van der Waals surface area contributed by atoms with E-state index in [-0.39, 0.29) is 16.7 Å². The Kier molecular flexibility index (Phi) is 5.53. The number of phenolic OH excluding ortho intramolecular Hbond substituents is 1. The molecule has 7 nitrogen and oxygen atoms in total. The van der Waals surface area contributed by atoms with E-state index in [1.54, 1.807) is 51.1 Å². The molecule has 4 N–H and O–H groups in total. The Balaban J connectivity index is 2.30. The summed E-state index contributed by atoms with van der Waals surface area (Å²) >= 11 is 0. The summed E-state index contributed by atoms with van der Waals surface area (Å²) < 4.78 is 27.0. The largest absolute Gasteiger partial charge is 0.508 e. The number of rotatable bonds is 5. The Morgan fingerprint density at radius 3 is 2.44 bits per heavy atom. The molecule has 0 radical (unpaired) electrons. The van der Waals surface area contributed by atoms with E-state index in [9.17, 15) is 18.3 Å². The van der Waals surface area contributed by atoms with E-state index in [2.05, 4.69) is 10.6 Å². The number of amides is 2. The second-order valence-corrected chi connectivity index (χ2v) is 7.51. The van der Waals surface area contributed by atoms with Crippen LogP contribution in [0.4, 0.5) is 16.2 Å². The highest BCUT2D eigenvalue weighted by atomic mass is 32.2. The van der Waals surface area contributed by atoms with Crippen LogP contribution in [0.15, 0.2) is 47.4 Å². The van der Waals surface area contributed by atoms with E-state index >= 15 is 0 Å². The van der Waals surface area contributed by atoms with Gasteiger partial charge in [-0.15, -0.1) is 0 Å². The fraction of sp³-hybridized carbons (Fsp3) is 0.235. The molecule has 2 amide bonds. The number of hydrogen-bond acceptors (Lipinski definition) is 5. The fourth-order valence-electron chi connectivity index (χ4n) is 2.16. The number of phenols is 1. The molecule has 0 fully saturated rings. The minimum absolute atomic E-state index is 0.0559. The normalized spacial score (nSPS) is 11.2. The van der Waals surface area contributed by atoms with Gasteiger partial charge in [0.1, 0.15) is 10.6 Å². The number of anilines is 2. The van der Waals surface area contributed by atoms with Crippen LogP contribution in [-0.2, 0) is 10.0 Å². The molecule has 2 rings (SSSR count). The van der Waals surface area contributed by atoms with E-state index in [4.69, 9.17) is 0 Å². The number of hydrogen-bond donors (Lipinski definition) is 4. The van der Waals surface area contributed by atoms with Gasteiger partial charge in [-0.1, -0.05) is 12.1 Å². The third-order valence-electron chi connectivity index (χ3n) is 3.30. The zero-order valence-corrected chi connectivity index (χ0v) is 15.0. The number of aromatic hydroxyl groups is 1. The van der Waals surface area contributed by atoms with Crippen LogP contribution in [0.1, 0.15) is 19.4 Å². The summed E-state index contributed by atoms with van der Waals surface area (Å²) in [4.78, 5) is 11.7. The first-order valence-electron chi connectivity index (χ1n) is 7.68. The van der Waals surface area contributed by atoms with Crippen LogP contribution >= 0.6 is 0 Å². The number of nitrogens with one attached hydrogen (secondary N) is 3. The zero-order valence-electron chi connectivity index (χ0n) is 14.2. The lowest BCUT2D eigenvalue weighted by atomic mass is 10.2. The average Bonchev–Trinajstić information content (AvgIpc) is 2.50. The lowest BCUT2D eigenvalue weighted by Crippen LogP contribution is -2.42. The van der Waals surface area contributed by atoms with Crippen LogP contribution in [0.25, 0.3) is 0 Å². The maximum absolute atomic E-state index is 12.5. The Morgan fingerprint density at radius 1 is 1.12 bits per heavy atom. The van der Waals surface area contributed by atoms with Crippen molar-refractivity contribution in [2.45, 2.75) is 31.7 Å². The number of carbonyl (C=O) groups is 1. The van der Waals surface area contributed by atoms with Crippen LogP contribution < -0.4 is 15.4 Å². The van der Waals surface area contributed by atoms with Crippen molar-refractivity contribution in [3.05, 3.63) is 48.0 Å². The van der Waals surface area contributed by atoms with Gasteiger partial charge in [-0.3, -0.25) is 0 Å². The Bertz CT molecular complexity index is 879. The van der Waals surface area contributed by atoms with Gasteiger partial charge in [0.25, 0.3) is 10.0 Å². The number of para-hydroxylation sites is 1. The lowest BCUT2D eigenvalue weighted by molar-refractivity contribution is 0.243. The highest BCUT2D eigenvalue weighted by molar-refractivity contribution is 7.90. The number of sulfonamides is 1. The first-order valence-corrected chi connectivity index (χ1v) is 9.16. The van der Waals surface area contributed by atoms with Crippen molar-refractivity contribution in [3.8, 4) is 5.75 Å². The highest BCUT2D eigenvalue weighted by Crippen LogP contribution is 2.27. The van der Waals surface area contributed by atoms with Gasteiger partial charge in [-0.05, 0) is 56.7 Å². The minimum Gasteiger partial charge on any atom is -0.508 e. The molecule has 0 bridgehead atoms. The van der Waals surface area contributed by atoms with E-state index in [1.807, 2.05) is 4.72 Å². The van der Waals surface area contributed by atoms with E-state index in [0.29, 0.717) is 16.9 Å². The van der Waals surface area contributed by atoms with Crippen molar-refractivity contribution >= 4 is 27.4 Å². The summed E-state index contributed by atoms with van der Waals surface area (Å²) in [6.45, 7) is 5.20. The fourth-order valence-corrected chi connectivity index (χ4v) is 3.24. The topological polar surface area (TPSA) is 108 Å². The van der Waals surface area contributed by atoms with Crippen molar-refractivity contribution in [3.63, 3.8) is 0 Å². The monoisotopic (exact) mass is 363 g/mol. The van der Waals surface area contributed by atoms with Gasteiger partial charge in [0, 0.05) is 11.7 Å². The van der Waals surface area contributed by atoms with Crippen LogP contribution in [0.3, 0.4) is 0 Å². The first-order chi connectivity index (χ1) is 11.7. The molecule has 2 aromatic rings. The molecule has 0 aliphatic rings. The second kappa shape index (κ2) is 7.43. The summed E-state index contributed by atoms with van der Waals surface area (Å²) in [5.74, 6) is 0.151. The van der Waals surface area contributed by atoms with E-state index in [1.165, 1.54) is 12.1 Å². The Labute approximate surface area is 147 Å². The van der Waals surface area contributed by atoms with Gasteiger partial charge in [-0.2, -0.15) is 0 Å². The minimum atomic E-state index is -4.05. The molecule has 0 spiro atoms. The summed E-state index contributed by atoms with van der Waals surface area (Å²) in [5, 5.41) is 15.1. The Hall–Kier alpha value is -2.74. The lowest BCUT2D eigenvalue weighted by Gasteiger charge is -2.15. The maximum atomic E-state index is 12.5. The van der Waals surface area contributed by atoms with Gasteiger partial charge in [0.05, 0.1) is 5.69 Å². The van der Waals surface area contributed by atoms with Crippen LogP contribution in [-0.4, -0.2) is 25.6 Å². The van der Waals surface area contributed by atoms with Gasteiger partial charge < -0.3 is 15.7 Å². The van der Waals surface area contributed by atoms with E-state index in [0.717, 1.165) is 0 Å². The SMILES string of the molecule is Cc1cc(Nc2ccccc2S(=O)(=O)NC(=O)NC(C)C)ccc1O. The molecule has 0 aromatic heterocycles. The molecule has 0 saturated carbocycles. The van der Waals surface area contributed by atoms with Gasteiger partial charge in [-0.25, -0.2) is 17.9 Å². The number of aryl methyl sites for hydroxylation is 1. The Morgan fingerprint density at radius 2 is 1.80 bits per heavy atom. The first kappa shape index (κ1) is 18.6. The predicted molar refractivity (Wildman–Crippen MR) is 96.6 cm³/mol. The van der Waals surface area contributed by atoms with E-state index < -0.39 is 16.1 Å². The van der Waals surface area contributed by atoms with Gasteiger partial charge in [0.2, 0.25) is 0 Å². The number of carbonyl (C=O) groups excluding carboxylic acids is 1. The molecule has 0 aliphatic heterocycles. The number of benzene rings is 2. The third kappa shape index (κ3) is 4.87. The van der Waals surface area contributed by atoms with Gasteiger partial charge in [0.15, 0.2) is 0 Å². The average molecular weight is 363 g/mol. The number of urea groups is 1. The smallest absolute Gasteiger partial charge is 0.328 e. The van der Waals surface area contributed by atoms with Crippen LogP contribution in [0.2, 0.25) is 0 Å². The molecule has 0 unspecified atom stereocenters. The van der Waals surface area contributed by atoms with Gasteiger partial charge >= 0.3 is 6.03 Å². The summed E-state index contributed by atoms with van der Waals surface area (Å²) in [5.41, 5.74) is 1.58. The molecule has 0 aliphatic carbocycles. The molecule has 134 valence electrons. The molecule has 0 atom stereocenters. The van der Waals surface area contributed by atoms with Crippen molar-refractivity contribution in [2.24, 2.45) is 0 Å². The summed E-state index contributed by atoms with van der Waals surface area (Å²) in [6, 6.07) is 10.1. The summed E-state index contributed by atoms with van der Waals surface area (Å²) in [7, 11) is -4.05. The maximum Gasteiger partial charge on any atom is 0.328 e. The van der Waals surface area contributed by atoms with Crippen molar-refractivity contribution in [2.75, 3.05) is 5.32 Å². The van der Waals surface area contributed by atoms with Crippen molar-refractivity contribution < 1.29 is 18.3 Å². The molecule has 0 saturated heterocycles. The molecular formula is C17H21N3O4S. The third-order valence-corrected chi connectivity index (χ3v) is 4.69. The molecule has 0 heterocycles. The quantitative estimate of drug-likeness (QED) is 0.611. The highest BCUT2D eigenvalue weighted by Gasteiger charge is 2.21. The van der Waals surface area contributed by atoms with Crippen molar-refractivity contribution in [1.29, 1.82) is 0 Å². The summed E-state index contributed by atoms with van der Waals surface area (Å²) in [6.07, 6.45) is 0. The molecule has 25 heavy (non-hydrogen) atoms. The molecule has 2 aromatic carbocycles. The van der Waals surface area contributed by atoms with Crippen LogP contribution in [0, 0.1) is 6.92 Å². The van der Waals surface area contributed by atoms with Crippen LogP contribution in [0.5, 0.6) is 5.75 Å². The molecule has 8 heteroatoms. The second-order valence-electron chi connectivity index (χ2n) is 5.86. The standard InChI is InChI=1S/C17H21N3O4S/c1-11(2)18-17(22)20-25(23,24)16-7-5-4-6-14(16)19-13-8-9-15(21)12(3)10-13/h4-11,19,21H,1-3H3,(H2,18,20,22). The van der Waals surface area contributed by atoms with Crippen molar-refractivity contribution in [1.82, 2.24) is 10.0 Å². The zero-order chi connectivity index (χ0) is 18.6. The predicted octanol–water partition coefficient (Wildman–Crippen LogP) is 2.84.